The first kappa shape index (κ1) is 13.8. The Kier molecular flexibility index (Phi) is 4.31. The Morgan fingerprint density at radius 1 is 0.762 bits per heavy atom. The molecule has 21 heavy (non-hydrogen) atoms. The Morgan fingerprint density at radius 2 is 1.33 bits per heavy atom. The van der Waals surface area contributed by atoms with Crippen LogP contribution in [0.2, 0.25) is 0 Å². The third-order valence-electron chi connectivity index (χ3n) is 3.32. The van der Waals surface area contributed by atoms with Gasteiger partial charge in [-0.2, -0.15) is 0 Å². The molecule has 0 aliphatic rings. The summed E-state index contributed by atoms with van der Waals surface area (Å²) in [6.07, 6.45) is 1.77. The highest BCUT2D eigenvalue weighted by atomic mass is 79.9. The number of anilines is 1. The summed E-state index contributed by atoms with van der Waals surface area (Å²) in [6, 6.07) is 24.9. The molecule has 2 nitrogen and oxygen atoms in total. The van der Waals surface area contributed by atoms with Crippen molar-refractivity contribution >= 4 is 21.6 Å². The Bertz CT molecular complexity index is 659. The highest BCUT2D eigenvalue weighted by molar-refractivity contribution is 9.10. The van der Waals surface area contributed by atoms with E-state index in [1.54, 1.807) is 6.20 Å². The van der Waals surface area contributed by atoms with Crippen LogP contribution in [0.4, 0.5) is 5.69 Å². The average Bonchev–Trinajstić information content (AvgIpc) is 2.56. The predicted octanol–water partition coefficient (Wildman–Crippen LogP) is 5.05. The predicted molar refractivity (Wildman–Crippen MR) is 90.3 cm³/mol. The smallest absolute Gasteiger partial charge is 0.129 e. The molecule has 3 rings (SSSR count). The van der Waals surface area contributed by atoms with Gasteiger partial charge in [-0.15, -0.1) is 0 Å². The fourth-order valence-corrected chi connectivity index (χ4v) is 2.66. The number of nitrogens with one attached hydrogen (secondary N) is 1. The quantitative estimate of drug-likeness (QED) is 0.673. The van der Waals surface area contributed by atoms with Crippen LogP contribution < -0.4 is 5.32 Å². The molecule has 3 heteroatoms. The average molecular weight is 339 g/mol. The van der Waals surface area contributed by atoms with Crippen LogP contribution in [-0.4, -0.2) is 4.98 Å². The van der Waals surface area contributed by atoms with Crippen molar-refractivity contribution in [3.8, 4) is 0 Å². The summed E-state index contributed by atoms with van der Waals surface area (Å²) in [5.74, 6) is 0. The maximum Gasteiger partial charge on any atom is 0.129 e. The summed E-state index contributed by atoms with van der Waals surface area (Å²) in [5, 5.41) is 3.57. The number of benzene rings is 2. The minimum Gasteiger partial charge on any atom is -0.372 e. The second-order valence-corrected chi connectivity index (χ2v) is 5.49. The van der Waals surface area contributed by atoms with Gasteiger partial charge in [-0.05, 0) is 39.2 Å². The SMILES string of the molecule is Brc1ncccc1NC(c1ccccc1)c1ccccc1. The number of rotatable bonds is 4. The Hall–Kier alpha value is -2.13. The number of pyridine rings is 1. The standard InChI is InChI=1S/C18H15BrN2/c19-18-16(12-7-13-20-18)21-17(14-8-3-1-4-9-14)15-10-5-2-6-11-15/h1-13,17,21H. The van der Waals surface area contributed by atoms with Crippen molar-refractivity contribution in [1.29, 1.82) is 0 Å². The zero-order valence-electron chi connectivity index (χ0n) is 11.4. The van der Waals surface area contributed by atoms with E-state index in [0.29, 0.717) is 0 Å². The Balaban J connectivity index is 1.99. The van der Waals surface area contributed by atoms with Crippen molar-refractivity contribution in [3.63, 3.8) is 0 Å². The van der Waals surface area contributed by atoms with E-state index in [2.05, 4.69) is 74.8 Å². The molecule has 0 saturated heterocycles. The number of nitrogens with zero attached hydrogens (tertiary/aromatic N) is 1. The van der Waals surface area contributed by atoms with Gasteiger partial charge in [0.2, 0.25) is 0 Å². The second-order valence-electron chi connectivity index (χ2n) is 4.74. The van der Waals surface area contributed by atoms with Gasteiger partial charge in [0.1, 0.15) is 4.60 Å². The normalized spacial score (nSPS) is 10.6. The molecule has 0 saturated carbocycles. The van der Waals surface area contributed by atoms with Gasteiger partial charge in [-0.25, -0.2) is 4.98 Å². The van der Waals surface area contributed by atoms with Crippen LogP contribution in [0, 0.1) is 0 Å². The zero-order chi connectivity index (χ0) is 14.5. The van der Waals surface area contributed by atoms with Crippen LogP contribution >= 0.6 is 15.9 Å². The van der Waals surface area contributed by atoms with E-state index in [1.807, 2.05) is 24.3 Å². The van der Waals surface area contributed by atoms with E-state index in [4.69, 9.17) is 0 Å². The molecule has 0 spiro atoms. The maximum atomic E-state index is 4.27. The third-order valence-corrected chi connectivity index (χ3v) is 3.96. The Morgan fingerprint density at radius 3 is 1.86 bits per heavy atom. The summed E-state index contributed by atoms with van der Waals surface area (Å²) >= 11 is 3.50. The lowest BCUT2D eigenvalue weighted by molar-refractivity contribution is 0.934. The molecule has 0 aliphatic heterocycles. The largest absolute Gasteiger partial charge is 0.372 e. The summed E-state index contributed by atoms with van der Waals surface area (Å²) in [6.45, 7) is 0. The zero-order valence-corrected chi connectivity index (χ0v) is 13.0. The maximum absolute atomic E-state index is 4.27. The van der Waals surface area contributed by atoms with Gasteiger partial charge in [0, 0.05) is 6.20 Å². The van der Waals surface area contributed by atoms with Gasteiger partial charge in [0.05, 0.1) is 11.7 Å². The summed E-state index contributed by atoms with van der Waals surface area (Å²) < 4.78 is 0.821. The van der Waals surface area contributed by atoms with E-state index in [9.17, 15) is 0 Å². The van der Waals surface area contributed by atoms with E-state index < -0.39 is 0 Å². The van der Waals surface area contributed by atoms with E-state index >= 15 is 0 Å². The monoisotopic (exact) mass is 338 g/mol. The summed E-state index contributed by atoms with van der Waals surface area (Å²) in [7, 11) is 0. The molecular weight excluding hydrogens is 324 g/mol. The molecule has 0 unspecified atom stereocenters. The van der Waals surface area contributed by atoms with Gasteiger partial charge in [0.15, 0.2) is 0 Å². The number of hydrogen-bond acceptors (Lipinski definition) is 2. The van der Waals surface area contributed by atoms with Gasteiger partial charge >= 0.3 is 0 Å². The molecule has 0 aliphatic carbocycles. The topological polar surface area (TPSA) is 24.9 Å². The molecule has 1 N–H and O–H groups in total. The van der Waals surface area contributed by atoms with Crippen molar-refractivity contribution in [2.24, 2.45) is 0 Å². The lowest BCUT2D eigenvalue weighted by Gasteiger charge is -2.21. The Labute approximate surface area is 133 Å². The molecule has 0 atom stereocenters. The number of halogens is 1. The van der Waals surface area contributed by atoms with Crippen LogP contribution in [0.25, 0.3) is 0 Å². The molecular formula is C18H15BrN2. The fraction of sp³-hybridized carbons (Fsp3) is 0.0556. The van der Waals surface area contributed by atoms with Crippen molar-refractivity contribution in [2.45, 2.75) is 6.04 Å². The van der Waals surface area contributed by atoms with Crippen LogP contribution in [0.15, 0.2) is 83.6 Å². The van der Waals surface area contributed by atoms with E-state index in [1.165, 1.54) is 11.1 Å². The molecule has 0 bridgehead atoms. The highest BCUT2D eigenvalue weighted by Gasteiger charge is 2.14. The lowest BCUT2D eigenvalue weighted by Crippen LogP contribution is -2.12. The fourth-order valence-electron chi connectivity index (χ4n) is 2.30. The minimum absolute atomic E-state index is 0.0906. The second kappa shape index (κ2) is 6.55. The van der Waals surface area contributed by atoms with Crippen molar-refractivity contribution in [1.82, 2.24) is 4.98 Å². The highest BCUT2D eigenvalue weighted by Crippen LogP contribution is 2.29. The molecule has 0 fully saturated rings. The van der Waals surface area contributed by atoms with Gasteiger partial charge < -0.3 is 5.32 Å². The molecule has 0 amide bonds. The summed E-state index contributed by atoms with van der Waals surface area (Å²) in [5.41, 5.74) is 3.43. The van der Waals surface area contributed by atoms with Gasteiger partial charge in [-0.1, -0.05) is 60.7 Å². The first-order valence-electron chi connectivity index (χ1n) is 6.81. The number of aromatic nitrogens is 1. The molecule has 0 radical (unpaired) electrons. The van der Waals surface area contributed by atoms with E-state index in [0.717, 1.165) is 10.3 Å². The molecule has 2 aromatic carbocycles. The van der Waals surface area contributed by atoms with Gasteiger partial charge in [-0.3, -0.25) is 0 Å². The number of hydrogen-bond donors (Lipinski definition) is 1. The molecule has 104 valence electrons. The lowest BCUT2D eigenvalue weighted by atomic mass is 9.98. The molecule has 3 aromatic rings. The third kappa shape index (κ3) is 3.31. The molecule has 1 aromatic heterocycles. The first-order valence-corrected chi connectivity index (χ1v) is 7.61. The van der Waals surface area contributed by atoms with Crippen LogP contribution in [0.3, 0.4) is 0 Å². The molecule has 1 heterocycles. The summed E-state index contributed by atoms with van der Waals surface area (Å²) in [4.78, 5) is 4.27. The van der Waals surface area contributed by atoms with Crippen LogP contribution in [0.5, 0.6) is 0 Å². The van der Waals surface area contributed by atoms with Crippen molar-refractivity contribution in [3.05, 3.63) is 94.7 Å². The van der Waals surface area contributed by atoms with Crippen molar-refractivity contribution < 1.29 is 0 Å². The van der Waals surface area contributed by atoms with Crippen LogP contribution in [-0.2, 0) is 0 Å². The van der Waals surface area contributed by atoms with Gasteiger partial charge in [0.25, 0.3) is 0 Å². The first-order chi connectivity index (χ1) is 10.3. The minimum atomic E-state index is 0.0906. The van der Waals surface area contributed by atoms with Crippen LogP contribution in [0.1, 0.15) is 17.2 Å². The van der Waals surface area contributed by atoms with Crippen molar-refractivity contribution in [2.75, 3.05) is 5.32 Å². The van der Waals surface area contributed by atoms with E-state index in [-0.39, 0.29) is 6.04 Å².